The lowest BCUT2D eigenvalue weighted by Gasteiger charge is -2.60. The van der Waals surface area contributed by atoms with Gasteiger partial charge in [0.2, 0.25) is 11.8 Å². The van der Waals surface area contributed by atoms with E-state index in [1.165, 1.54) is 38.5 Å². The molecule has 1 heterocycles. The van der Waals surface area contributed by atoms with Gasteiger partial charge in [-0.3, -0.25) is 0 Å². The van der Waals surface area contributed by atoms with Crippen molar-refractivity contribution in [1.29, 1.82) is 0 Å². The normalized spacial score (nSPS) is 40.9. The lowest BCUT2D eigenvalue weighted by Crippen LogP contribution is -2.53. The zero-order chi connectivity index (χ0) is 14.5. The van der Waals surface area contributed by atoms with E-state index in [1.54, 1.807) is 0 Å². The summed E-state index contributed by atoms with van der Waals surface area (Å²) in [6.45, 7) is 6.37. The van der Waals surface area contributed by atoms with Gasteiger partial charge in [0.25, 0.3) is 0 Å². The van der Waals surface area contributed by atoms with Gasteiger partial charge in [-0.15, -0.1) is 10.2 Å². The predicted molar refractivity (Wildman–Crippen MR) is 80.8 cm³/mol. The molecule has 0 aliphatic heterocycles. The number of aromatic nitrogens is 2. The van der Waals surface area contributed by atoms with Crippen molar-refractivity contribution in [2.24, 2.45) is 17.3 Å². The largest absolute Gasteiger partial charge is 0.423 e. The van der Waals surface area contributed by atoms with Crippen LogP contribution in [0.1, 0.15) is 70.6 Å². The lowest BCUT2D eigenvalue weighted by molar-refractivity contribution is -0.0712. The van der Waals surface area contributed by atoms with Gasteiger partial charge < -0.3 is 9.73 Å². The zero-order valence-electron chi connectivity index (χ0n) is 13.3. The second-order valence-corrected chi connectivity index (χ2v) is 8.23. The molecule has 0 saturated heterocycles. The van der Waals surface area contributed by atoms with Gasteiger partial charge in [-0.1, -0.05) is 13.8 Å². The third kappa shape index (κ3) is 2.32. The van der Waals surface area contributed by atoms with Crippen LogP contribution < -0.4 is 5.32 Å². The van der Waals surface area contributed by atoms with Gasteiger partial charge in [-0.05, 0) is 68.7 Å². The first-order valence-electron chi connectivity index (χ1n) is 8.64. The van der Waals surface area contributed by atoms with Crippen molar-refractivity contribution in [3.63, 3.8) is 0 Å². The minimum absolute atomic E-state index is 0.203. The van der Waals surface area contributed by atoms with Crippen molar-refractivity contribution in [3.05, 3.63) is 11.8 Å². The number of hydrogen-bond donors (Lipinski definition) is 1. The van der Waals surface area contributed by atoms with Crippen LogP contribution in [0, 0.1) is 17.3 Å². The maximum Gasteiger partial charge on any atom is 0.230 e. The van der Waals surface area contributed by atoms with Crippen molar-refractivity contribution in [3.8, 4) is 0 Å². The van der Waals surface area contributed by atoms with Crippen molar-refractivity contribution >= 4 is 0 Å². The Hall–Kier alpha value is -0.900. The molecule has 2 atom stereocenters. The quantitative estimate of drug-likeness (QED) is 0.844. The summed E-state index contributed by atoms with van der Waals surface area (Å²) in [7, 11) is 0. The molecule has 4 bridgehead atoms. The zero-order valence-corrected chi connectivity index (χ0v) is 13.3. The molecule has 4 heteroatoms. The Bertz CT molecular complexity index is 510. The molecule has 1 aromatic heterocycles. The molecule has 1 N–H and O–H groups in total. The molecule has 1 aromatic rings. The second kappa shape index (κ2) is 4.80. The molecule has 4 nitrogen and oxygen atoms in total. The third-order valence-corrected chi connectivity index (χ3v) is 5.98. The fourth-order valence-electron chi connectivity index (χ4n) is 5.88. The lowest BCUT2D eigenvalue weighted by atomic mass is 9.44. The highest BCUT2D eigenvalue weighted by molar-refractivity contribution is 5.17. The van der Waals surface area contributed by atoms with Gasteiger partial charge in [0.15, 0.2) is 0 Å². The number of hydrogen-bond acceptors (Lipinski definition) is 4. The average Bonchev–Trinajstić information content (AvgIpc) is 2.85. The molecule has 4 aliphatic rings. The molecule has 5 rings (SSSR count). The van der Waals surface area contributed by atoms with Crippen LogP contribution >= 0.6 is 0 Å². The third-order valence-electron chi connectivity index (χ3n) is 5.98. The van der Waals surface area contributed by atoms with Gasteiger partial charge >= 0.3 is 0 Å². The van der Waals surface area contributed by atoms with Crippen molar-refractivity contribution in [2.75, 3.05) is 6.54 Å². The number of nitrogens with one attached hydrogen (secondary N) is 1. The van der Waals surface area contributed by atoms with E-state index in [-0.39, 0.29) is 5.41 Å². The standard InChI is InChI=1S/C17H27N3O/c1-3-4-18-10-14-19-20-15(21-14)17-8-12-5-13(9-17)7-16(2,6-12)11-17/h12-13,18H,3-11H2,1-2H3. The SMILES string of the molecule is CCCNCc1nnc(C23CC4CC(CC(C)(C4)C2)C3)o1. The maximum absolute atomic E-state index is 6.08. The molecule has 116 valence electrons. The van der Waals surface area contributed by atoms with Crippen LogP contribution in [0.25, 0.3) is 0 Å². The first kappa shape index (κ1) is 13.7. The van der Waals surface area contributed by atoms with Gasteiger partial charge in [-0.2, -0.15) is 0 Å². The molecule has 4 saturated carbocycles. The van der Waals surface area contributed by atoms with Crippen LogP contribution in [0.3, 0.4) is 0 Å². The summed E-state index contributed by atoms with van der Waals surface area (Å²) >= 11 is 0. The van der Waals surface area contributed by atoms with E-state index in [0.717, 1.165) is 36.6 Å². The van der Waals surface area contributed by atoms with Crippen LogP contribution in [-0.2, 0) is 12.0 Å². The molecule has 0 radical (unpaired) electrons. The topological polar surface area (TPSA) is 51.0 Å². The molecule has 0 spiro atoms. The van der Waals surface area contributed by atoms with Gasteiger partial charge in [0.05, 0.1) is 6.54 Å². The molecule has 0 amide bonds. The van der Waals surface area contributed by atoms with E-state index in [9.17, 15) is 0 Å². The summed E-state index contributed by atoms with van der Waals surface area (Å²) in [4.78, 5) is 0. The Morgan fingerprint density at radius 2 is 1.95 bits per heavy atom. The van der Waals surface area contributed by atoms with Crippen molar-refractivity contribution in [2.45, 2.75) is 70.8 Å². The summed E-state index contributed by atoms with van der Waals surface area (Å²) in [5, 5.41) is 12.1. The Kier molecular flexibility index (Phi) is 3.14. The number of rotatable bonds is 5. The maximum atomic E-state index is 6.08. The molecular formula is C17H27N3O. The highest BCUT2D eigenvalue weighted by Crippen LogP contribution is 2.65. The second-order valence-electron chi connectivity index (χ2n) is 8.23. The van der Waals surface area contributed by atoms with Crippen molar-refractivity contribution < 1.29 is 4.42 Å². The summed E-state index contributed by atoms with van der Waals surface area (Å²) in [6, 6.07) is 0. The average molecular weight is 289 g/mol. The van der Waals surface area contributed by atoms with Gasteiger partial charge in [-0.25, -0.2) is 0 Å². The Morgan fingerprint density at radius 1 is 1.19 bits per heavy atom. The summed E-state index contributed by atoms with van der Waals surface area (Å²) in [5.41, 5.74) is 0.730. The highest BCUT2D eigenvalue weighted by Gasteiger charge is 2.58. The fourth-order valence-corrected chi connectivity index (χ4v) is 5.88. The molecule has 4 fully saturated rings. The first-order valence-corrected chi connectivity index (χ1v) is 8.64. The molecule has 21 heavy (non-hydrogen) atoms. The first-order chi connectivity index (χ1) is 10.1. The van der Waals surface area contributed by atoms with Crippen molar-refractivity contribution in [1.82, 2.24) is 15.5 Å². The van der Waals surface area contributed by atoms with E-state index in [1.807, 2.05) is 0 Å². The van der Waals surface area contributed by atoms with Crippen LogP contribution in [-0.4, -0.2) is 16.7 Å². The molecular weight excluding hydrogens is 262 g/mol. The predicted octanol–water partition coefficient (Wildman–Crippen LogP) is 3.43. The molecule has 4 aliphatic carbocycles. The summed E-state index contributed by atoms with van der Waals surface area (Å²) in [5.74, 6) is 3.49. The Morgan fingerprint density at radius 3 is 2.62 bits per heavy atom. The van der Waals surface area contributed by atoms with Crippen LogP contribution in [0.5, 0.6) is 0 Å². The minimum atomic E-state index is 0.203. The van der Waals surface area contributed by atoms with E-state index < -0.39 is 0 Å². The van der Waals surface area contributed by atoms with E-state index in [2.05, 4.69) is 29.4 Å². The van der Waals surface area contributed by atoms with E-state index in [4.69, 9.17) is 4.42 Å². The monoisotopic (exact) mass is 289 g/mol. The van der Waals surface area contributed by atoms with Crippen LogP contribution in [0.15, 0.2) is 4.42 Å². The number of nitrogens with zero attached hydrogens (tertiary/aromatic N) is 2. The summed E-state index contributed by atoms with van der Waals surface area (Å²) in [6.07, 6.45) is 9.24. The van der Waals surface area contributed by atoms with E-state index in [0.29, 0.717) is 12.0 Å². The minimum Gasteiger partial charge on any atom is -0.423 e. The van der Waals surface area contributed by atoms with E-state index >= 15 is 0 Å². The Balaban J connectivity index is 1.55. The molecule has 2 unspecified atom stereocenters. The summed E-state index contributed by atoms with van der Waals surface area (Å²) < 4.78 is 6.08. The molecule has 0 aromatic carbocycles. The smallest absolute Gasteiger partial charge is 0.230 e. The van der Waals surface area contributed by atoms with Crippen LogP contribution in [0.4, 0.5) is 0 Å². The van der Waals surface area contributed by atoms with Crippen LogP contribution in [0.2, 0.25) is 0 Å². The fraction of sp³-hybridized carbons (Fsp3) is 0.882. The Labute approximate surface area is 127 Å². The van der Waals surface area contributed by atoms with Gasteiger partial charge in [0.1, 0.15) is 0 Å². The highest BCUT2D eigenvalue weighted by atomic mass is 16.4. The van der Waals surface area contributed by atoms with Gasteiger partial charge in [0, 0.05) is 5.41 Å².